The van der Waals surface area contributed by atoms with Crippen molar-refractivity contribution in [2.45, 2.75) is 24.9 Å². The Morgan fingerprint density at radius 2 is 1.93 bits per heavy atom. The van der Waals surface area contributed by atoms with Crippen LogP contribution < -0.4 is 5.43 Å². The first kappa shape index (κ1) is 20.3. The lowest BCUT2D eigenvalue weighted by atomic mass is 9.93. The van der Waals surface area contributed by atoms with Gasteiger partial charge in [-0.1, -0.05) is 24.3 Å². The number of rotatable bonds is 5. The van der Waals surface area contributed by atoms with Gasteiger partial charge in [-0.05, 0) is 42.6 Å². The van der Waals surface area contributed by atoms with Crippen LogP contribution >= 0.6 is 0 Å². The first-order chi connectivity index (χ1) is 14.3. The summed E-state index contributed by atoms with van der Waals surface area (Å²) in [6.07, 6.45) is -2.20. The van der Waals surface area contributed by atoms with E-state index in [1.54, 1.807) is 30.3 Å². The Labute approximate surface area is 170 Å². The lowest BCUT2D eigenvalue weighted by Gasteiger charge is -2.19. The summed E-state index contributed by atoms with van der Waals surface area (Å²) in [4.78, 5) is 26.4. The Balaban J connectivity index is 1.40. The van der Waals surface area contributed by atoms with Crippen molar-refractivity contribution in [1.82, 2.24) is 4.90 Å². The molecule has 0 radical (unpaired) electrons. The molecule has 1 atom stereocenters. The topological polar surface area (TPSA) is 50.5 Å². The molecule has 0 amide bonds. The van der Waals surface area contributed by atoms with Crippen LogP contribution in [0.1, 0.15) is 40.2 Å². The third-order valence-electron chi connectivity index (χ3n) is 5.62. The second-order valence-corrected chi connectivity index (χ2v) is 7.54. The van der Waals surface area contributed by atoms with Crippen LogP contribution in [0.5, 0.6) is 0 Å². The molecule has 0 N–H and O–H groups in total. The van der Waals surface area contributed by atoms with Crippen molar-refractivity contribution in [3.63, 3.8) is 0 Å². The van der Waals surface area contributed by atoms with Crippen LogP contribution in [0.15, 0.2) is 64.0 Å². The highest BCUT2D eigenvalue weighted by Gasteiger charge is 2.36. The van der Waals surface area contributed by atoms with E-state index in [4.69, 9.17) is 4.42 Å². The Morgan fingerprint density at radius 3 is 2.73 bits per heavy atom. The molecule has 1 unspecified atom stereocenters. The van der Waals surface area contributed by atoms with E-state index < -0.39 is 11.7 Å². The zero-order valence-corrected chi connectivity index (χ0v) is 16.1. The van der Waals surface area contributed by atoms with Crippen molar-refractivity contribution in [3.8, 4) is 0 Å². The molecule has 0 aliphatic carbocycles. The van der Waals surface area contributed by atoms with Gasteiger partial charge in [-0.2, -0.15) is 13.2 Å². The summed E-state index contributed by atoms with van der Waals surface area (Å²) in [5.74, 6) is -0.296. The quantitative estimate of drug-likeness (QED) is 0.558. The molecule has 7 heteroatoms. The maximum atomic E-state index is 13.3. The lowest BCUT2D eigenvalue weighted by molar-refractivity contribution is -0.138. The Hall–Kier alpha value is -2.93. The van der Waals surface area contributed by atoms with Crippen molar-refractivity contribution in [2.24, 2.45) is 0 Å². The molecule has 2 aromatic carbocycles. The Kier molecular flexibility index (Phi) is 5.47. The summed E-state index contributed by atoms with van der Waals surface area (Å²) in [6, 6.07) is 11.8. The molecule has 156 valence electrons. The fourth-order valence-electron chi connectivity index (χ4n) is 4.06. The standard InChI is InChI=1S/C23H20F3NO3/c24-23(25,26)19-4-2-1-3-17(19)16-7-10-27(14-16)11-8-20(28)15-5-6-18-21(29)9-12-30-22(18)13-15/h1-6,9,12-13,16H,7-8,10-11,14H2. The highest BCUT2D eigenvalue weighted by molar-refractivity contribution is 5.99. The molecule has 4 rings (SSSR count). The number of nitrogens with zero attached hydrogens (tertiary/aromatic N) is 1. The summed E-state index contributed by atoms with van der Waals surface area (Å²) in [7, 11) is 0. The number of carbonyl (C=O) groups is 1. The van der Waals surface area contributed by atoms with E-state index >= 15 is 0 Å². The summed E-state index contributed by atoms with van der Waals surface area (Å²) in [5.41, 5.74) is 0.389. The molecule has 30 heavy (non-hydrogen) atoms. The fourth-order valence-corrected chi connectivity index (χ4v) is 4.06. The van der Waals surface area contributed by atoms with Crippen molar-refractivity contribution in [3.05, 3.63) is 81.7 Å². The summed E-state index contributed by atoms with van der Waals surface area (Å²) in [5, 5.41) is 0.416. The van der Waals surface area contributed by atoms with Gasteiger partial charge < -0.3 is 9.32 Å². The van der Waals surface area contributed by atoms with Gasteiger partial charge in [0, 0.05) is 31.1 Å². The number of Topliss-reactive ketones (excluding diaryl/α,β-unsaturated/α-hetero) is 1. The van der Waals surface area contributed by atoms with Crippen molar-refractivity contribution < 1.29 is 22.4 Å². The predicted molar refractivity (Wildman–Crippen MR) is 107 cm³/mol. The highest BCUT2D eigenvalue weighted by atomic mass is 19.4. The smallest absolute Gasteiger partial charge is 0.416 e. The van der Waals surface area contributed by atoms with Gasteiger partial charge in [0.25, 0.3) is 0 Å². The van der Waals surface area contributed by atoms with E-state index in [9.17, 15) is 22.8 Å². The summed E-state index contributed by atoms with van der Waals surface area (Å²) in [6.45, 7) is 1.62. The summed E-state index contributed by atoms with van der Waals surface area (Å²) < 4.78 is 45.2. The molecule has 0 saturated carbocycles. The van der Waals surface area contributed by atoms with Crippen molar-refractivity contribution in [2.75, 3.05) is 19.6 Å². The molecule has 1 aromatic heterocycles. The van der Waals surface area contributed by atoms with E-state index in [1.165, 1.54) is 18.4 Å². The molecular weight excluding hydrogens is 395 g/mol. The molecule has 0 bridgehead atoms. The van der Waals surface area contributed by atoms with Gasteiger partial charge in [-0.15, -0.1) is 0 Å². The van der Waals surface area contributed by atoms with Gasteiger partial charge >= 0.3 is 6.18 Å². The molecule has 1 aliphatic rings. The minimum Gasteiger partial charge on any atom is -0.464 e. The number of alkyl halides is 3. The van der Waals surface area contributed by atoms with E-state index in [0.717, 1.165) is 6.07 Å². The SMILES string of the molecule is O=C(CCN1CCC(c2ccccc2C(F)(F)F)C1)c1ccc2c(=O)ccoc2c1. The number of fused-ring (bicyclic) bond motifs is 1. The molecule has 0 spiro atoms. The second kappa shape index (κ2) is 8.07. The molecule has 4 nitrogen and oxygen atoms in total. The molecule has 3 aromatic rings. The van der Waals surface area contributed by atoms with Gasteiger partial charge in [0.05, 0.1) is 17.2 Å². The molecule has 1 saturated heterocycles. The fraction of sp³-hybridized carbons (Fsp3) is 0.304. The lowest BCUT2D eigenvalue weighted by Crippen LogP contribution is -2.24. The van der Waals surface area contributed by atoms with Crippen LogP contribution in [0, 0.1) is 0 Å². The average Bonchev–Trinajstić information content (AvgIpc) is 3.20. The van der Waals surface area contributed by atoms with Crippen LogP contribution in [0.4, 0.5) is 13.2 Å². The Bertz CT molecular complexity index is 1140. The van der Waals surface area contributed by atoms with Crippen LogP contribution in [-0.2, 0) is 6.18 Å². The van der Waals surface area contributed by atoms with Gasteiger partial charge in [0.15, 0.2) is 11.2 Å². The van der Waals surface area contributed by atoms with E-state index in [2.05, 4.69) is 0 Å². The van der Waals surface area contributed by atoms with E-state index in [-0.39, 0.29) is 23.6 Å². The maximum Gasteiger partial charge on any atom is 0.416 e. The zero-order valence-electron chi connectivity index (χ0n) is 16.1. The number of hydrogen-bond donors (Lipinski definition) is 0. The first-order valence-electron chi connectivity index (χ1n) is 9.76. The molecule has 1 fully saturated rings. The van der Waals surface area contributed by atoms with Crippen molar-refractivity contribution >= 4 is 16.8 Å². The predicted octanol–water partition coefficient (Wildman–Crippen LogP) is 4.87. The number of benzene rings is 2. The van der Waals surface area contributed by atoms with Crippen molar-refractivity contribution in [1.29, 1.82) is 0 Å². The minimum absolute atomic E-state index is 0.0949. The average molecular weight is 415 g/mol. The number of ketones is 1. The van der Waals surface area contributed by atoms with Gasteiger partial charge in [-0.25, -0.2) is 0 Å². The Morgan fingerprint density at radius 1 is 1.13 bits per heavy atom. The number of carbonyl (C=O) groups excluding carboxylic acids is 1. The van der Waals surface area contributed by atoms with Gasteiger partial charge in [-0.3, -0.25) is 9.59 Å². The molecular formula is C23H20F3NO3. The van der Waals surface area contributed by atoms with E-state index in [1.807, 2.05) is 4.90 Å². The monoisotopic (exact) mass is 415 g/mol. The molecule has 2 heterocycles. The number of likely N-dealkylation sites (tertiary alicyclic amines) is 1. The van der Waals surface area contributed by atoms with Crippen LogP contribution in [0.2, 0.25) is 0 Å². The first-order valence-corrected chi connectivity index (χ1v) is 9.76. The van der Waals surface area contributed by atoms with Gasteiger partial charge in [0.1, 0.15) is 5.58 Å². The summed E-state index contributed by atoms with van der Waals surface area (Å²) >= 11 is 0. The van der Waals surface area contributed by atoms with Crippen LogP contribution in [0.25, 0.3) is 11.0 Å². The number of hydrogen-bond acceptors (Lipinski definition) is 4. The van der Waals surface area contributed by atoms with E-state index in [0.29, 0.717) is 48.2 Å². The highest BCUT2D eigenvalue weighted by Crippen LogP contribution is 2.38. The largest absolute Gasteiger partial charge is 0.464 e. The maximum absolute atomic E-state index is 13.3. The van der Waals surface area contributed by atoms with Crippen LogP contribution in [0.3, 0.4) is 0 Å². The second-order valence-electron chi connectivity index (χ2n) is 7.54. The minimum atomic E-state index is -4.37. The molecule has 1 aliphatic heterocycles. The van der Waals surface area contributed by atoms with Crippen LogP contribution in [-0.4, -0.2) is 30.3 Å². The zero-order chi connectivity index (χ0) is 21.3. The number of halogens is 3. The third-order valence-corrected chi connectivity index (χ3v) is 5.62. The normalized spacial score (nSPS) is 17.5. The van der Waals surface area contributed by atoms with Gasteiger partial charge in [0.2, 0.25) is 0 Å². The third kappa shape index (κ3) is 4.16.